The number of aliphatic carboxylic acids is 1. The van der Waals surface area contributed by atoms with Crippen molar-refractivity contribution < 1.29 is 33.2 Å². The molecule has 1 aliphatic carbocycles. The van der Waals surface area contributed by atoms with Gasteiger partial charge in [-0.3, -0.25) is 4.79 Å². The van der Waals surface area contributed by atoms with Crippen molar-refractivity contribution >= 4 is 5.97 Å². The van der Waals surface area contributed by atoms with Gasteiger partial charge in [-0.05, 0) is 90.4 Å². The Kier molecular flexibility index (Phi) is 6.48. The van der Waals surface area contributed by atoms with Crippen molar-refractivity contribution in [2.75, 3.05) is 26.4 Å². The van der Waals surface area contributed by atoms with Gasteiger partial charge in [-0.1, -0.05) is 6.07 Å². The molecule has 1 fully saturated rings. The topological polar surface area (TPSA) is 74.2 Å². The Bertz CT molecular complexity index is 1370. The Labute approximate surface area is 221 Å². The van der Waals surface area contributed by atoms with E-state index in [0.29, 0.717) is 30.6 Å². The first-order valence-corrected chi connectivity index (χ1v) is 13.2. The van der Waals surface area contributed by atoms with E-state index in [2.05, 4.69) is 0 Å². The van der Waals surface area contributed by atoms with Gasteiger partial charge in [0.25, 0.3) is 0 Å². The lowest BCUT2D eigenvalue weighted by molar-refractivity contribution is -0.137. The van der Waals surface area contributed by atoms with Crippen LogP contribution in [0.25, 0.3) is 11.1 Å². The van der Waals surface area contributed by atoms with Crippen LogP contribution in [-0.4, -0.2) is 37.5 Å². The third-order valence-electron chi connectivity index (χ3n) is 7.79. The molecule has 3 aliphatic rings. The van der Waals surface area contributed by atoms with Gasteiger partial charge >= 0.3 is 5.97 Å². The second-order valence-corrected chi connectivity index (χ2v) is 10.6. The van der Waals surface area contributed by atoms with E-state index < -0.39 is 5.97 Å². The Hall–Kier alpha value is -3.58. The van der Waals surface area contributed by atoms with Crippen LogP contribution in [0, 0.1) is 25.6 Å². The highest BCUT2D eigenvalue weighted by Crippen LogP contribution is 2.44. The Balaban J connectivity index is 1.25. The van der Waals surface area contributed by atoms with Crippen molar-refractivity contribution in [3.63, 3.8) is 0 Å². The summed E-state index contributed by atoms with van der Waals surface area (Å²) in [6.07, 6.45) is 1.29. The highest BCUT2D eigenvalue weighted by Gasteiger charge is 2.31. The van der Waals surface area contributed by atoms with Crippen molar-refractivity contribution in [3.05, 3.63) is 76.1 Å². The van der Waals surface area contributed by atoms with Gasteiger partial charge in [0.1, 0.15) is 29.2 Å². The van der Waals surface area contributed by atoms with Gasteiger partial charge in [0, 0.05) is 23.5 Å². The average Bonchev–Trinajstić information content (AvgIpc) is 3.41. The van der Waals surface area contributed by atoms with Crippen LogP contribution in [-0.2, 0) is 16.0 Å². The van der Waals surface area contributed by atoms with E-state index in [0.717, 1.165) is 70.7 Å². The molecule has 7 heteroatoms. The van der Waals surface area contributed by atoms with Crippen LogP contribution in [0.5, 0.6) is 17.2 Å². The van der Waals surface area contributed by atoms with E-state index in [9.17, 15) is 9.18 Å². The van der Waals surface area contributed by atoms with E-state index in [1.54, 1.807) is 12.1 Å². The zero-order chi connectivity index (χ0) is 26.4. The molecule has 2 unspecified atom stereocenters. The molecule has 1 saturated heterocycles. The fraction of sp³-hybridized carbons (Fsp3) is 0.387. The summed E-state index contributed by atoms with van der Waals surface area (Å²) in [6.45, 7) is 6.58. The summed E-state index contributed by atoms with van der Waals surface area (Å²) in [7, 11) is 0. The van der Waals surface area contributed by atoms with E-state index in [-0.39, 0.29) is 24.3 Å². The van der Waals surface area contributed by atoms with Crippen LogP contribution in [0.4, 0.5) is 4.39 Å². The predicted molar refractivity (Wildman–Crippen MR) is 140 cm³/mol. The smallest absolute Gasteiger partial charge is 0.304 e. The number of carboxylic acid groups (broad SMARTS) is 1. The van der Waals surface area contributed by atoms with E-state index in [1.165, 1.54) is 0 Å². The van der Waals surface area contributed by atoms with Crippen LogP contribution in [0.2, 0.25) is 0 Å². The number of rotatable bonds is 8. The first-order chi connectivity index (χ1) is 18.4. The third-order valence-corrected chi connectivity index (χ3v) is 7.79. The molecule has 0 amide bonds. The molecule has 1 N–H and O–H groups in total. The molecular formula is C31H31FO6. The molecule has 3 aromatic carbocycles. The minimum Gasteiger partial charge on any atom is -0.493 e. The Morgan fingerprint density at radius 3 is 2.53 bits per heavy atom. The van der Waals surface area contributed by atoms with Crippen molar-refractivity contribution in [1.82, 2.24) is 0 Å². The lowest BCUT2D eigenvalue weighted by Gasteiger charge is -2.26. The van der Waals surface area contributed by atoms with Crippen LogP contribution >= 0.6 is 0 Å². The predicted octanol–water partition coefficient (Wildman–Crippen LogP) is 6.15. The summed E-state index contributed by atoms with van der Waals surface area (Å²) < 4.78 is 38.3. The molecule has 2 aliphatic heterocycles. The second kappa shape index (κ2) is 9.95. The van der Waals surface area contributed by atoms with Crippen molar-refractivity contribution in [1.29, 1.82) is 0 Å². The molecule has 0 radical (unpaired) electrons. The van der Waals surface area contributed by atoms with Crippen molar-refractivity contribution in [3.8, 4) is 28.4 Å². The first-order valence-electron chi connectivity index (χ1n) is 13.2. The number of ether oxygens (including phenoxy) is 4. The number of halogens is 1. The molecular weight excluding hydrogens is 487 g/mol. The summed E-state index contributed by atoms with van der Waals surface area (Å²) >= 11 is 0. The zero-order valence-corrected chi connectivity index (χ0v) is 21.6. The molecule has 6 nitrogen and oxygen atoms in total. The maximum absolute atomic E-state index is 15.0. The normalized spacial score (nSPS) is 19.9. The van der Waals surface area contributed by atoms with Gasteiger partial charge in [-0.25, -0.2) is 4.39 Å². The maximum Gasteiger partial charge on any atom is 0.304 e. The maximum atomic E-state index is 15.0. The largest absolute Gasteiger partial charge is 0.493 e. The molecule has 0 saturated carbocycles. The standard InChI is InChI=1S/C31H31FO6/c1-17-7-23(36-15-19-13-35-14-19)8-18(2)31(17)27-11-21(32)10-26-25(27)5-6-28(26)38-22-3-4-24-20(9-30(33)34)16-37-29(24)12-22/h3-4,7-8,10-12,19-20,28H,5-6,9,13-16H2,1-2H3,(H,33,34). The fourth-order valence-corrected chi connectivity index (χ4v) is 5.90. The van der Waals surface area contributed by atoms with E-state index in [1.807, 2.05) is 44.2 Å². The van der Waals surface area contributed by atoms with Gasteiger partial charge in [-0.2, -0.15) is 0 Å². The van der Waals surface area contributed by atoms with Crippen LogP contribution in [0.1, 0.15) is 52.7 Å². The highest BCUT2D eigenvalue weighted by molar-refractivity contribution is 5.76. The molecule has 0 bridgehead atoms. The van der Waals surface area contributed by atoms with Crippen LogP contribution < -0.4 is 14.2 Å². The number of carboxylic acids is 1. The summed E-state index contributed by atoms with van der Waals surface area (Å²) in [4.78, 5) is 11.1. The highest BCUT2D eigenvalue weighted by atomic mass is 19.1. The van der Waals surface area contributed by atoms with Gasteiger partial charge in [0.05, 0.1) is 32.8 Å². The second-order valence-electron chi connectivity index (χ2n) is 10.6. The SMILES string of the molecule is Cc1cc(OCC2COC2)cc(C)c1-c1cc(F)cc2c1CCC2Oc1ccc2c(c1)OCC2CC(=O)O. The molecule has 3 aromatic rings. The van der Waals surface area contributed by atoms with Crippen LogP contribution in [0.3, 0.4) is 0 Å². The third kappa shape index (κ3) is 4.71. The number of carbonyl (C=O) groups is 1. The molecule has 38 heavy (non-hydrogen) atoms. The summed E-state index contributed by atoms with van der Waals surface area (Å²) in [5, 5.41) is 9.15. The monoisotopic (exact) mass is 518 g/mol. The number of benzene rings is 3. The molecule has 0 spiro atoms. The van der Waals surface area contributed by atoms with Gasteiger partial charge < -0.3 is 24.1 Å². The van der Waals surface area contributed by atoms with Crippen molar-refractivity contribution in [2.45, 2.75) is 45.1 Å². The van der Waals surface area contributed by atoms with Crippen LogP contribution in [0.15, 0.2) is 42.5 Å². The van der Waals surface area contributed by atoms with Gasteiger partial charge in [0.15, 0.2) is 0 Å². The number of aryl methyl sites for hydroxylation is 2. The quantitative estimate of drug-likeness (QED) is 0.386. The Morgan fingerprint density at radius 1 is 1.03 bits per heavy atom. The molecule has 6 rings (SSSR count). The number of hydrogen-bond acceptors (Lipinski definition) is 5. The summed E-state index contributed by atoms with van der Waals surface area (Å²) in [6, 6.07) is 12.8. The van der Waals surface area contributed by atoms with Gasteiger partial charge in [-0.15, -0.1) is 0 Å². The van der Waals surface area contributed by atoms with Crippen molar-refractivity contribution in [2.24, 2.45) is 5.92 Å². The lowest BCUT2D eigenvalue weighted by atomic mass is 9.90. The fourth-order valence-electron chi connectivity index (χ4n) is 5.90. The molecule has 2 heterocycles. The van der Waals surface area contributed by atoms with E-state index in [4.69, 9.17) is 24.1 Å². The van der Waals surface area contributed by atoms with Gasteiger partial charge in [0.2, 0.25) is 0 Å². The summed E-state index contributed by atoms with van der Waals surface area (Å²) in [5.74, 6) is 1.28. The summed E-state index contributed by atoms with van der Waals surface area (Å²) in [5.41, 5.74) is 6.92. The molecule has 198 valence electrons. The Morgan fingerprint density at radius 2 is 1.82 bits per heavy atom. The molecule has 2 atom stereocenters. The minimum atomic E-state index is -0.844. The minimum absolute atomic E-state index is 0.0344. The lowest BCUT2D eigenvalue weighted by Crippen LogP contribution is -2.32. The molecule has 0 aromatic heterocycles. The zero-order valence-electron chi connectivity index (χ0n) is 21.6. The number of hydrogen-bond donors (Lipinski definition) is 1. The van der Waals surface area contributed by atoms with E-state index >= 15 is 0 Å². The average molecular weight is 519 g/mol. The first kappa shape index (κ1) is 24.7. The number of fused-ring (bicyclic) bond motifs is 2.